The Morgan fingerprint density at radius 1 is 1.30 bits per heavy atom. The van der Waals surface area contributed by atoms with Gasteiger partial charge in [0.05, 0.1) is 12.6 Å². The fraction of sp³-hybridized carbons (Fsp3) is 0.500. The van der Waals surface area contributed by atoms with Gasteiger partial charge in [-0.05, 0) is 52.3 Å². The quantitative estimate of drug-likeness (QED) is 0.865. The summed E-state index contributed by atoms with van der Waals surface area (Å²) in [6.07, 6.45) is 4.02. The van der Waals surface area contributed by atoms with Crippen LogP contribution in [0, 0.1) is 5.82 Å². The molecule has 0 saturated carbocycles. The number of ether oxygens (including phenoxy) is 2. The molecule has 1 fully saturated rings. The van der Waals surface area contributed by atoms with Gasteiger partial charge in [0.25, 0.3) is 6.47 Å². The molecule has 0 aliphatic carbocycles. The first-order valence-electron chi connectivity index (χ1n) is 7.58. The van der Waals surface area contributed by atoms with Crippen LogP contribution in [0.1, 0.15) is 40.2 Å². The second-order valence-electron chi connectivity index (χ2n) is 6.81. The molecule has 0 spiro atoms. The average Bonchev–Trinajstić information content (AvgIpc) is 2.77. The molecule has 1 N–H and O–H groups in total. The van der Waals surface area contributed by atoms with Gasteiger partial charge in [-0.1, -0.05) is 24.3 Å². The van der Waals surface area contributed by atoms with Gasteiger partial charge >= 0.3 is 0 Å². The maximum Gasteiger partial charge on any atom is 0.293 e. The number of benzene rings is 1. The summed E-state index contributed by atoms with van der Waals surface area (Å²) in [5.41, 5.74) is 0.424. The third-order valence-electron chi connectivity index (χ3n) is 2.95. The molecular weight excluding hydrogens is 297 g/mol. The van der Waals surface area contributed by atoms with Gasteiger partial charge in [-0.25, -0.2) is 4.39 Å². The molecule has 1 unspecified atom stereocenters. The summed E-state index contributed by atoms with van der Waals surface area (Å²) in [4.78, 5) is 9.60. The topological polar surface area (TPSA) is 47.6 Å². The minimum Gasteiger partial charge on any atom is -0.462 e. The van der Waals surface area contributed by atoms with Crippen molar-refractivity contribution in [3.05, 3.63) is 41.7 Å². The normalized spacial score (nSPS) is 20.0. The Morgan fingerprint density at radius 2 is 1.91 bits per heavy atom. The number of halogens is 1. The zero-order valence-electron chi connectivity index (χ0n) is 14.4. The Balaban J connectivity index is 0.000000322. The predicted molar refractivity (Wildman–Crippen MR) is 89.3 cm³/mol. The van der Waals surface area contributed by atoms with E-state index in [9.17, 15) is 9.18 Å². The van der Waals surface area contributed by atoms with Gasteiger partial charge < -0.3 is 9.47 Å². The molecule has 5 heteroatoms. The van der Waals surface area contributed by atoms with Crippen LogP contribution in [0.25, 0.3) is 6.08 Å². The number of nitrogens with one attached hydrogen (secondary N) is 1. The van der Waals surface area contributed by atoms with E-state index in [1.54, 1.807) is 12.1 Å². The molecule has 1 atom stereocenters. The van der Waals surface area contributed by atoms with Gasteiger partial charge in [0.1, 0.15) is 17.1 Å². The molecule has 128 valence electrons. The van der Waals surface area contributed by atoms with Crippen molar-refractivity contribution in [1.29, 1.82) is 0 Å². The highest BCUT2D eigenvalue weighted by Crippen LogP contribution is 2.15. The van der Waals surface area contributed by atoms with Crippen molar-refractivity contribution in [3.63, 3.8) is 0 Å². The van der Waals surface area contributed by atoms with E-state index in [4.69, 9.17) is 4.74 Å². The molecule has 1 aliphatic rings. The summed E-state index contributed by atoms with van der Waals surface area (Å²) in [6.45, 7) is 10.6. The number of carbonyl (C=O) groups is 1. The Morgan fingerprint density at radius 3 is 2.30 bits per heavy atom. The van der Waals surface area contributed by atoms with E-state index in [0.717, 1.165) is 5.56 Å². The van der Waals surface area contributed by atoms with Crippen LogP contribution in [0.4, 0.5) is 4.39 Å². The van der Waals surface area contributed by atoms with Gasteiger partial charge in [-0.3, -0.25) is 10.1 Å². The Labute approximate surface area is 137 Å². The van der Waals surface area contributed by atoms with Gasteiger partial charge in [-0.2, -0.15) is 0 Å². The summed E-state index contributed by atoms with van der Waals surface area (Å²) in [5, 5.41) is 3.33. The molecular formula is C18H26FNO3. The third-order valence-corrected chi connectivity index (χ3v) is 2.95. The van der Waals surface area contributed by atoms with Crippen molar-refractivity contribution in [2.45, 2.75) is 52.0 Å². The van der Waals surface area contributed by atoms with Crippen molar-refractivity contribution in [2.24, 2.45) is 0 Å². The predicted octanol–water partition coefficient (Wildman–Crippen LogP) is 3.52. The minimum atomic E-state index is -0.318. The van der Waals surface area contributed by atoms with Crippen LogP contribution in [0.15, 0.2) is 30.3 Å². The number of hydrogen-bond acceptors (Lipinski definition) is 4. The molecule has 0 bridgehead atoms. The van der Waals surface area contributed by atoms with Gasteiger partial charge in [-0.15, -0.1) is 0 Å². The lowest BCUT2D eigenvalue weighted by Gasteiger charge is -2.16. The second-order valence-corrected chi connectivity index (χ2v) is 6.81. The molecule has 1 aliphatic heterocycles. The summed E-state index contributed by atoms with van der Waals surface area (Å²) in [7, 11) is 0. The van der Waals surface area contributed by atoms with Crippen molar-refractivity contribution < 1.29 is 18.7 Å². The highest BCUT2D eigenvalue weighted by atomic mass is 19.1. The van der Waals surface area contributed by atoms with Crippen molar-refractivity contribution in [1.82, 2.24) is 5.32 Å². The number of rotatable bonds is 3. The van der Waals surface area contributed by atoms with E-state index < -0.39 is 0 Å². The molecule has 1 aromatic rings. The van der Waals surface area contributed by atoms with Crippen LogP contribution in [-0.4, -0.2) is 30.4 Å². The van der Waals surface area contributed by atoms with E-state index >= 15 is 0 Å². The molecule has 23 heavy (non-hydrogen) atoms. The Kier molecular flexibility index (Phi) is 6.91. The SMILES string of the molecule is CC(C)(C)OC=O.CC1(C)NC(/C=C/c2ccc(F)cc2)CO1. The first kappa shape index (κ1) is 19.3. The maximum atomic E-state index is 12.7. The van der Waals surface area contributed by atoms with Crippen LogP contribution in [0.5, 0.6) is 0 Å². The van der Waals surface area contributed by atoms with Crippen molar-refractivity contribution >= 4 is 12.5 Å². The molecule has 1 aromatic carbocycles. The van der Waals surface area contributed by atoms with E-state index in [1.165, 1.54) is 12.1 Å². The van der Waals surface area contributed by atoms with E-state index in [2.05, 4.69) is 10.1 Å². The van der Waals surface area contributed by atoms with Crippen molar-refractivity contribution in [3.8, 4) is 0 Å². The second kappa shape index (κ2) is 8.22. The average molecular weight is 323 g/mol. The van der Waals surface area contributed by atoms with Crippen LogP contribution in [0.2, 0.25) is 0 Å². The van der Waals surface area contributed by atoms with Crippen LogP contribution in [-0.2, 0) is 14.3 Å². The first-order valence-corrected chi connectivity index (χ1v) is 7.58. The zero-order chi connectivity index (χ0) is 17.5. The standard InChI is InChI=1S/C13H16FNO.C5H10O2/c1-13(2)15-12(9-16-13)8-5-10-3-6-11(14)7-4-10;1-5(2,3)7-4-6/h3-8,12,15H,9H2,1-2H3;4H,1-3H3/b8-5+;. The van der Waals surface area contributed by atoms with Crippen molar-refractivity contribution in [2.75, 3.05) is 6.61 Å². The number of carbonyl (C=O) groups excluding carboxylic acids is 1. The first-order chi connectivity index (χ1) is 10.6. The fourth-order valence-corrected chi connectivity index (χ4v) is 1.88. The van der Waals surface area contributed by atoms with Crippen LogP contribution < -0.4 is 5.32 Å². The Bertz CT molecular complexity index is 518. The van der Waals surface area contributed by atoms with E-state index in [-0.39, 0.29) is 23.2 Å². The Hall–Kier alpha value is -1.72. The van der Waals surface area contributed by atoms with Gasteiger partial charge in [0, 0.05) is 0 Å². The van der Waals surface area contributed by atoms with Gasteiger partial charge in [0.15, 0.2) is 0 Å². The largest absolute Gasteiger partial charge is 0.462 e. The molecule has 1 heterocycles. The highest BCUT2D eigenvalue weighted by molar-refractivity contribution is 5.49. The van der Waals surface area contributed by atoms with Crippen LogP contribution >= 0.6 is 0 Å². The molecule has 2 rings (SSSR count). The fourth-order valence-electron chi connectivity index (χ4n) is 1.88. The van der Waals surface area contributed by atoms with Crippen LogP contribution in [0.3, 0.4) is 0 Å². The molecule has 0 aromatic heterocycles. The lowest BCUT2D eigenvalue weighted by atomic mass is 10.1. The monoisotopic (exact) mass is 323 g/mol. The summed E-state index contributed by atoms with van der Waals surface area (Å²) >= 11 is 0. The van der Waals surface area contributed by atoms with E-state index in [0.29, 0.717) is 13.1 Å². The molecule has 4 nitrogen and oxygen atoms in total. The summed E-state index contributed by atoms with van der Waals surface area (Å²) in [5.74, 6) is -0.208. The maximum absolute atomic E-state index is 12.7. The summed E-state index contributed by atoms with van der Waals surface area (Å²) in [6, 6.07) is 6.66. The summed E-state index contributed by atoms with van der Waals surface area (Å²) < 4.78 is 22.8. The van der Waals surface area contributed by atoms with E-state index in [1.807, 2.05) is 46.8 Å². The third kappa shape index (κ3) is 8.47. The highest BCUT2D eigenvalue weighted by Gasteiger charge is 2.28. The molecule has 0 amide bonds. The lowest BCUT2D eigenvalue weighted by Crippen LogP contribution is -2.37. The minimum absolute atomic E-state index is 0.208. The molecule has 0 radical (unpaired) electrons. The van der Waals surface area contributed by atoms with Gasteiger partial charge in [0.2, 0.25) is 0 Å². The number of hydrogen-bond donors (Lipinski definition) is 1. The lowest BCUT2D eigenvalue weighted by molar-refractivity contribution is -0.138. The molecule has 1 saturated heterocycles. The smallest absolute Gasteiger partial charge is 0.293 e. The zero-order valence-corrected chi connectivity index (χ0v) is 14.4.